The van der Waals surface area contributed by atoms with Gasteiger partial charge in [0.2, 0.25) is 0 Å². The Bertz CT molecular complexity index is 697. The monoisotopic (exact) mass is 328 g/mol. The van der Waals surface area contributed by atoms with Gasteiger partial charge in [-0.1, -0.05) is 43.3 Å². The molecule has 1 fully saturated rings. The van der Waals surface area contributed by atoms with Gasteiger partial charge in [-0.05, 0) is 49.2 Å². The zero-order chi connectivity index (χ0) is 16.2. The maximum Gasteiger partial charge on any atom is 0.173 e. The lowest BCUT2D eigenvalue weighted by molar-refractivity contribution is 0.400. The smallest absolute Gasteiger partial charge is 0.173 e. The first-order valence-electron chi connectivity index (χ1n) is 8.08. The molecular weight excluding hydrogens is 307 g/mol. The molecule has 1 saturated carbocycles. The van der Waals surface area contributed by atoms with Crippen LogP contribution in [0.15, 0.2) is 48.5 Å². The van der Waals surface area contributed by atoms with Crippen LogP contribution in [0.5, 0.6) is 0 Å². The molecule has 0 heterocycles. The van der Waals surface area contributed by atoms with Gasteiger partial charge in [-0.15, -0.1) is 0 Å². The number of nitrogens with zero attached hydrogens (tertiary/aromatic N) is 1. The largest absolute Gasteiger partial charge is 0.342 e. The second kappa shape index (κ2) is 7.09. The number of anilines is 1. The van der Waals surface area contributed by atoms with Crippen LogP contribution in [-0.2, 0) is 13.0 Å². The molecule has 2 nitrogen and oxygen atoms in total. The number of aryl methyl sites for hydroxylation is 1. The molecule has 1 N–H and O–H groups in total. The zero-order valence-electron chi connectivity index (χ0n) is 13.3. The minimum atomic E-state index is -0.171. The molecule has 2 aromatic rings. The van der Waals surface area contributed by atoms with Crippen LogP contribution in [0.2, 0.25) is 0 Å². The van der Waals surface area contributed by atoms with Gasteiger partial charge < -0.3 is 10.2 Å². The lowest BCUT2D eigenvalue weighted by Gasteiger charge is -2.26. The van der Waals surface area contributed by atoms with E-state index in [9.17, 15) is 4.39 Å². The number of hydrogen-bond acceptors (Lipinski definition) is 1. The fourth-order valence-electron chi connectivity index (χ4n) is 2.70. The summed E-state index contributed by atoms with van der Waals surface area (Å²) in [6.07, 6.45) is 3.18. The number of nitrogens with one attached hydrogen (secondary N) is 1. The minimum Gasteiger partial charge on any atom is -0.342 e. The zero-order valence-corrected chi connectivity index (χ0v) is 14.1. The van der Waals surface area contributed by atoms with Crippen LogP contribution in [0.3, 0.4) is 0 Å². The van der Waals surface area contributed by atoms with Gasteiger partial charge in [0.25, 0.3) is 0 Å². The Morgan fingerprint density at radius 2 is 1.78 bits per heavy atom. The molecule has 0 saturated heterocycles. The third-order valence-corrected chi connectivity index (χ3v) is 4.52. The van der Waals surface area contributed by atoms with Crippen molar-refractivity contribution in [1.29, 1.82) is 0 Å². The fraction of sp³-hybridized carbons (Fsp3) is 0.316. The summed E-state index contributed by atoms with van der Waals surface area (Å²) in [7, 11) is 0. The van der Waals surface area contributed by atoms with E-state index in [0.717, 1.165) is 24.9 Å². The van der Waals surface area contributed by atoms with E-state index in [0.29, 0.717) is 23.3 Å². The van der Waals surface area contributed by atoms with E-state index in [1.54, 1.807) is 6.07 Å². The van der Waals surface area contributed by atoms with E-state index >= 15 is 0 Å². The van der Waals surface area contributed by atoms with Crippen LogP contribution < -0.4 is 5.32 Å². The molecule has 0 bridgehead atoms. The van der Waals surface area contributed by atoms with Gasteiger partial charge in [0, 0.05) is 23.8 Å². The van der Waals surface area contributed by atoms with Gasteiger partial charge >= 0.3 is 0 Å². The molecule has 0 aromatic heterocycles. The molecule has 23 heavy (non-hydrogen) atoms. The van der Waals surface area contributed by atoms with E-state index < -0.39 is 0 Å². The third kappa shape index (κ3) is 3.88. The summed E-state index contributed by atoms with van der Waals surface area (Å²) in [5, 5.41) is 4.03. The SMILES string of the molecule is CCc1ccccc1NC(=S)N(Cc1ccccc1F)C1CC1. The number of thiocarbonyl (C=S) groups is 1. The quantitative estimate of drug-likeness (QED) is 0.798. The van der Waals surface area contributed by atoms with Gasteiger partial charge in [0.1, 0.15) is 5.82 Å². The second-order valence-electron chi connectivity index (χ2n) is 5.89. The second-order valence-corrected chi connectivity index (χ2v) is 6.28. The molecule has 0 aliphatic heterocycles. The minimum absolute atomic E-state index is 0.171. The van der Waals surface area contributed by atoms with Crippen molar-refractivity contribution in [3.05, 3.63) is 65.5 Å². The molecule has 3 rings (SSSR count). The Morgan fingerprint density at radius 1 is 1.13 bits per heavy atom. The van der Waals surface area contributed by atoms with Crippen LogP contribution in [-0.4, -0.2) is 16.1 Å². The Morgan fingerprint density at radius 3 is 2.43 bits per heavy atom. The summed E-state index contributed by atoms with van der Waals surface area (Å²) in [6, 6.07) is 15.5. The van der Waals surface area contributed by atoms with Gasteiger partial charge in [0.05, 0.1) is 0 Å². The summed E-state index contributed by atoms with van der Waals surface area (Å²) in [4.78, 5) is 2.11. The van der Waals surface area contributed by atoms with Gasteiger partial charge in [-0.3, -0.25) is 0 Å². The van der Waals surface area contributed by atoms with Gasteiger partial charge in [-0.2, -0.15) is 0 Å². The number of rotatable bonds is 5. The molecular formula is C19H21FN2S. The van der Waals surface area contributed by atoms with Crippen molar-refractivity contribution in [2.45, 2.75) is 38.8 Å². The standard InChI is InChI=1S/C19H21FN2S/c1-2-14-7-4-6-10-18(14)21-19(23)22(16-11-12-16)13-15-8-3-5-9-17(15)20/h3-10,16H,2,11-13H2,1H3,(H,21,23). The van der Waals surface area contributed by atoms with Crippen molar-refractivity contribution >= 4 is 23.0 Å². The van der Waals surface area contributed by atoms with Crippen LogP contribution in [0, 0.1) is 5.82 Å². The first-order valence-corrected chi connectivity index (χ1v) is 8.48. The number of para-hydroxylation sites is 1. The van der Waals surface area contributed by atoms with E-state index in [2.05, 4.69) is 23.2 Å². The predicted octanol–water partition coefficient (Wildman–Crippen LogP) is 4.75. The van der Waals surface area contributed by atoms with Gasteiger partial charge in [0.15, 0.2) is 5.11 Å². The van der Waals surface area contributed by atoms with E-state index in [4.69, 9.17) is 12.2 Å². The van der Waals surface area contributed by atoms with Crippen molar-refractivity contribution in [2.75, 3.05) is 5.32 Å². The third-order valence-electron chi connectivity index (χ3n) is 4.19. The van der Waals surface area contributed by atoms with E-state index in [1.165, 1.54) is 11.6 Å². The first kappa shape index (κ1) is 15.9. The van der Waals surface area contributed by atoms with Crippen molar-refractivity contribution in [3.8, 4) is 0 Å². The maximum absolute atomic E-state index is 14.0. The maximum atomic E-state index is 14.0. The average Bonchev–Trinajstić information content (AvgIpc) is 3.39. The highest BCUT2D eigenvalue weighted by Crippen LogP contribution is 2.30. The number of halogens is 1. The molecule has 1 aliphatic carbocycles. The molecule has 0 radical (unpaired) electrons. The normalized spacial score (nSPS) is 13.7. The van der Waals surface area contributed by atoms with Gasteiger partial charge in [-0.25, -0.2) is 4.39 Å². The first-order chi connectivity index (χ1) is 11.2. The molecule has 0 amide bonds. The summed E-state index contributed by atoms with van der Waals surface area (Å²) < 4.78 is 14.0. The van der Waals surface area contributed by atoms with Crippen LogP contribution in [0.25, 0.3) is 0 Å². The molecule has 2 aromatic carbocycles. The van der Waals surface area contributed by atoms with Crippen LogP contribution in [0.4, 0.5) is 10.1 Å². The highest BCUT2D eigenvalue weighted by atomic mass is 32.1. The lowest BCUT2D eigenvalue weighted by Crippen LogP contribution is -2.36. The predicted molar refractivity (Wildman–Crippen MR) is 97.0 cm³/mol. The summed E-state index contributed by atoms with van der Waals surface area (Å²) in [5.74, 6) is -0.171. The molecule has 0 unspecified atom stereocenters. The van der Waals surface area contributed by atoms with Crippen molar-refractivity contribution in [3.63, 3.8) is 0 Å². The molecule has 1 aliphatic rings. The van der Waals surface area contributed by atoms with Crippen LogP contribution >= 0.6 is 12.2 Å². The Kier molecular flexibility index (Phi) is 4.91. The fourth-order valence-corrected chi connectivity index (χ4v) is 3.02. The summed E-state index contributed by atoms with van der Waals surface area (Å²) in [5.41, 5.74) is 2.96. The highest BCUT2D eigenvalue weighted by molar-refractivity contribution is 7.80. The van der Waals surface area contributed by atoms with Crippen LogP contribution in [0.1, 0.15) is 30.9 Å². The Hall–Kier alpha value is -1.94. The van der Waals surface area contributed by atoms with Crippen molar-refractivity contribution < 1.29 is 4.39 Å². The Balaban J connectivity index is 1.76. The molecule has 4 heteroatoms. The van der Waals surface area contributed by atoms with E-state index in [-0.39, 0.29) is 5.82 Å². The summed E-state index contributed by atoms with van der Waals surface area (Å²) in [6.45, 7) is 2.64. The molecule has 0 atom stereocenters. The van der Waals surface area contributed by atoms with Crippen molar-refractivity contribution in [2.24, 2.45) is 0 Å². The van der Waals surface area contributed by atoms with Crippen molar-refractivity contribution in [1.82, 2.24) is 4.90 Å². The lowest BCUT2D eigenvalue weighted by atomic mass is 10.1. The average molecular weight is 328 g/mol. The summed E-state index contributed by atoms with van der Waals surface area (Å²) >= 11 is 5.62. The number of benzene rings is 2. The highest BCUT2D eigenvalue weighted by Gasteiger charge is 2.31. The molecule has 0 spiro atoms. The van der Waals surface area contributed by atoms with E-state index in [1.807, 2.05) is 30.3 Å². The topological polar surface area (TPSA) is 15.3 Å². The number of hydrogen-bond donors (Lipinski definition) is 1. The Labute approximate surface area is 142 Å². The molecule has 120 valence electrons.